The molecule has 1 atom stereocenters. The summed E-state index contributed by atoms with van der Waals surface area (Å²) in [5, 5.41) is 0. The highest BCUT2D eigenvalue weighted by atomic mass is 35.5. The predicted octanol–water partition coefficient (Wildman–Crippen LogP) is 2.88. The van der Waals surface area contributed by atoms with Crippen LogP contribution in [-0.4, -0.2) is 12.7 Å². The van der Waals surface area contributed by atoms with Crippen molar-refractivity contribution < 1.29 is 4.74 Å². The highest BCUT2D eigenvalue weighted by molar-refractivity contribution is 6.17. The first-order valence-corrected chi connectivity index (χ1v) is 4.15. The van der Waals surface area contributed by atoms with Crippen molar-refractivity contribution in [2.45, 2.75) is 27.7 Å². The van der Waals surface area contributed by atoms with E-state index in [1.54, 1.807) is 0 Å². The van der Waals surface area contributed by atoms with E-state index in [-0.39, 0.29) is 0 Å². The predicted molar refractivity (Wildman–Crippen MR) is 45.3 cm³/mol. The SMILES string of the molecule is CC(COCCl)C(C)(C)C. The van der Waals surface area contributed by atoms with Crippen molar-refractivity contribution in [1.82, 2.24) is 0 Å². The van der Waals surface area contributed by atoms with E-state index in [0.717, 1.165) is 6.61 Å². The molecule has 0 spiro atoms. The van der Waals surface area contributed by atoms with E-state index in [1.807, 2.05) is 0 Å². The van der Waals surface area contributed by atoms with Crippen molar-refractivity contribution in [3.05, 3.63) is 0 Å². The Labute approximate surface area is 68.7 Å². The first kappa shape index (κ1) is 10.2. The number of alkyl halides is 1. The summed E-state index contributed by atoms with van der Waals surface area (Å²) in [4.78, 5) is 0. The largest absolute Gasteiger partial charge is 0.365 e. The molecule has 0 amide bonds. The molecule has 0 saturated carbocycles. The van der Waals surface area contributed by atoms with Gasteiger partial charge in [0.25, 0.3) is 0 Å². The van der Waals surface area contributed by atoms with Crippen LogP contribution in [0.1, 0.15) is 27.7 Å². The second kappa shape index (κ2) is 4.20. The zero-order valence-electron chi connectivity index (χ0n) is 7.28. The van der Waals surface area contributed by atoms with Crippen LogP contribution in [0.4, 0.5) is 0 Å². The lowest BCUT2D eigenvalue weighted by atomic mass is 9.83. The molecule has 0 fully saturated rings. The van der Waals surface area contributed by atoms with Gasteiger partial charge in [-0.1, -0.05) is 39.3 Å². The minimum atomic E-state index is 0.306. The van der Waals surface area contributed by atoms with Crippen molar-refractivity contribution in [3.8, 4) is 0 Å². The third kappa shape index (κ3) is 4.13. The summed E-state index contributed by atoms with van der Waals surface area (Å²) in [6, 6.07) is 0.306. The molecule has 0 N–H and O–H groups in total. The number of rotatable bonds is 3. The fourth-order valence-electron chi connectivity index (χ4n) is 0.471. The topological polar surface area (TPSA) is 9.23 Å². The van der Waals surface area contributed by atoms with Gasteiger partial charge in [-0.05, 0) is 11.3 Å². The minimum absolute atomic E-state index is 0.306. The first-order chi connectivity index (χ1) is 4.48. The van der Waals surface area contributed by atoms with E-state index in [0.29, 0.717) is 17.4 Å². The van der Waals surface area contributed by atoms with Crippen molar-refractivity contribution in [2.75, 3.05) is 12.7 Å². The van der Waals surface area contributed by atoms with Crippen LogP contribution in [0.3, 0.4) is 0 Å². The van der Waals surface area contributed by atoms with Crippen LogP contribution in [0, 0.1) is 11.3 Å². The van der Waals surface area contributed by atoms with Gasteiger partial charge in [0, 0.05) is 0 Å². The van der Waals surface area contributed by atoms with Crippen molar-refractivity contribution in [2.24, 2.45) is 11.3 Å². The highest BCUT2D eigenvalue weighted by Gasteiger charge is 2.19. The third-order valence-electron chi connectivity index (χ3n) is 1.92. The summed E-state index contributed by atoms with van der Waals surface area (Å²) >= 11 is 5.37. The van der Waals surface area contributed by atoms with E-state index in [4.69, 9.17) is 16.3 Å². The van der Waals surface area contributed by atoms with E-state index < -0.39 is 0 Å². The molecule has 0 aliphatic heterocycles. The summed E-state index contributed by atoms with van der Waals surface area (Å²) in [6.45, 7) is 9.54. The third-order valence-corrected chi connectivity index (χ3v) is 2.08. The maximum absolute atomic E-state index is 5.37. The van der Waals surface area contributed by atoms with Gasteiger partial charge < -0.3 is 4.74 Å². The lowest BCUT2D eigenvalue weighted by molar-refractivity contribution is 0.0904. The smallest absolute Gasteiger partial charge is 0.120 e. The minimum Gasteiger partial charge on any atom is -0.365 e. The molecule has 0 saturated heterocycles. The Morgan fingerprint density at radius 2 is 1.90 bits per heavy atom. The molecule has 0 aromatic heterocycles. The fraction of sp³-hybridized carbons (Fsp3) is 1.00. The summed E-state index contributed by atoms with van der Waals surface area (Å²) in [7, 11) is 0. The molecule has 0 aromatic carbocycles. The molecular weight excluding hydrogens is 148 g/mol. The van der Waals surface area contributed by atoms with E-state index in [9.17, 15) is 0 Å². The molecule has 10 heavy (non-hydrogen) atoms. The van der Waals surface area contributed by atoms with Gasteiger partial charge in [-0.15, -0.1) is 0 Å². The number of hydrogen-bond donors (Lipinski definition) is 0. The Morgan fingerprint density at radius 1 is 1.40 bits per heavy atom. The Hall–Kier alpha value is 0.250. The van der Waals surface area contributed by atoms with Gasteiger partial charge in [-0.3, -0.25) is 0 Å². The standard InChI is InChI=1S/C8H17ClO/c1-7(5-10-6-9)8(2,3)4/h7H,5-6H2,1-4H3. The molecular formula is C8H17ClO. The van der Waals surface area contributed by atoms with Crippen LogP contribution in [0.25, 0.3) is 0 Å². The normalized spacial score (nSPS) is 15.3. The summed E-state index contributed by atoms with van der Waals surface area (Å²) < 4.78 is 5.09. The molecule has 0 rings (SSSR count). The Morgan fingerprint density at radius 3 is 2.20 bits per heavy atom. The van der Waals surface area contributed by atoms with Gasteiger partial charge in [-0.25, -0.2) is 0 Å². The van der Waals surface area contributed by atoms with E-state index in [1.165, 1.54) is 0 Å². The second-order valence-electron chi connectivity index (χ2n) is 3.75. The van der Waals surface area contributed by atoms with Gasteiger partial charge in [0.1, 0.15) is 6.07 Å². The zero-order valence-corrected chi connectivity index (χ0v) is 8.03. The lowest BCUT2D eigenvalue weighted by Crippen LogP contribution is -2.21. The average Bonchev–Trinajstić information content (AvgIpc) is 1.80. The first-order valence-electron chi connectivity index (χ1n) is 3.62. The van der Waals surface area contributed by atoms with Gasteiger partial charge in [0.15, 0.2) is 0 Å². The molecule has 62 valence electrons. The molecule has 0 heterocycles. The quantitative estimate of drug-likeness (QED) is 0.583. The average molecular weight is 165 g/mol. The Kier molecular flexibility index (Phi) is 4.30. The number of ether oxygens (including phenoxy) is 1. The summed E-state index contributed by atoms with van der Waals surface area (Å²) in [5.74, 6) is 0.561. The summed E-state index contributed by atoms with van der Waals surface area (Å²) in [6.07, 6.45) is 0. The van der Waals surface area contributed by atoms with Crippen molar-refractivity contribution in [1.29, 1.82) is 0 Å². The van der Waals surface area contributed by atoms with Crippen LogP contribution in [0.2, 0.25) is 0 Å². The maximum atomic E-state index is 5.37. The van der Waals surface area contributed by atoms with E-state index >= 15 is 0 Å². The number of hydrogen-bond acceptors (Lipinski definition) is 1. The summed E-state index contributed by atoms with van der Waals surface area (Å²) in [5.41, 5.74) is 0.325. The van der Waals surface area contributed by atoms with Crippen molar-refractivity contribution >= 4 is 11.6 Å². The highest BCUT2D eigenvalue weighted by Crippen LogP contribution is 2.25. The molecule has 0 aromatic rings. The molecule has 2 heteroatoms. The zero-order chi connectivity index (χ0) is 8.20. The second-order valence-corrected chi connectivity index (χ2v) is 3.97. The Bertz CT molecular complexity index is 85.7. The lowest BCUT2D eigenvalue weighted by Gasteiger charge is -2.26. The van der Waals surface area contributed by atoms with Crippen LogP contribution in [0.5, 0.6) is 0 Å². The molecule has 0 radical (unpaired) electrons. The van der Waals surface area contributed by atoms with Gasteiger partial charge in [0.2, 0.25) is 0 Å². The van der Waals surface area contributed by atoms with Crippen LogP contribution in [-0.2, 0) is 4.74 Å². The van der Waals surface area contributed by atoms with Crippen molar-refractivity contribution in [3.63, 3.8) is 0 Å². The van der Waals surface area contributed by atoms with Crippen LogP contribution >= 0.6 is 11.6 Å². The molecule has 1 nitrogen and oxygen atoms in total. The molecule has 0 aliphatic carbocycles. The van der Waals surface area contributed by atoms with Gasteiger partial charge in [-0.2, -0.15) is 0 Å². The number of halogens is 1. The van der Waals surface area contributed by atoms with Crippen LogP contribution in [0.15, 0.2) is 0 Å². The fourth-order valence-corrected chi connectivity index (χ4v) is 0.560. The molecule has 1 unspecified atom stereocenters. The monoisotopic (exact) mass is 164 g/mol. The van der Waals surface area contributed by atoms with Gasteiger partial charge in [0.05, 0.1) is 6.61 Å². The molecule has 0 aliphatic rings. The maximum Gasteiger partial charge on any atom is 0.120 e. The van der Waals surface area contributed by atoms with Gasteiger partial charge >= 0.3 is 0 Å². The van der Waals surface area contributed by atoms with E-state index in [2.05, 4.69) is 27.7 Å². The molecule has 0 bridgehead atoms. The Balaban J connectivity index is 3.52. The van der Waals surface area contributed by atoms with Crippen LogP contribution < -0.4 is 0 Å².